The molecule has 0 saturated carbocycles. The summed E-state index contributed by atoms with van der Waals surface area (Å²) in [4.78, 5) is 11.7. The van der Waals surface area contributed by atoms with Crippen LogP contribution >= 0.6 is 23.2 Å². The number of aromatic nitrogens is 2. The van der Waals surface area contributed by atoms with Crippen LogP contribution in [-0.4, -0.2) is 60.4 Å². The van der Waals surface area contributed by atoms with Crippen LogP contribution in [0.2, 0.25) is 10.0 Å². The lowest BCUT2D eigenvalue weighted by Gasteiger charge is -2.31. The van der Waals surface area contributed by atoms with Gasteiger partial charge in [0.25, 0.3) is 10.2 Å². The van der Waals surface area contributed by atoms with E-state index < -0.39 is 21.9 Å². The number of carbonyl (C=O) groups is 1. The molecule has 1 aliphatic rings. The quantitative estimate of drug-likeness (QED) is 0.480. The second-order valence-corrected chi connectivity index (χ2v) is 12.1. The number of amides is 1. The van der Waals surface area contributed by atoms with Crippen LogP contribution in [0, 0.1) is 0 Å². The first kappa shape index (κ1) is 27.7. The molecular formula is C23H33Cl2N5O4S. The van der Waals surface area contributed by atoms with Gasteiger partial charge in [0.2, 0.25) is 0 Å². The van der Waals surface area contributed by atoms with Gasteiger partial charge in [0.1, 0.15) is 5.60 Å². The van der Waals surface area contributed by atoms with Crippen molar-refractivity contribution in [3.8, 4) is 11.3 Å². The summed E-state index contributed by atoms with van der Waals surface area (Å²) in [6, 6.07) is 7.45. The van der Waals surface area contributed by atoms with E-state index in [9.17, 15) is 13.2 Å². The molecule has 1 amide bonds. The molecule has 0 aliphatic carbocycles. The summed E-state index contributed by atoms with van der Waals surface area (Å²) in [5, 5.41) is 8.17. The molecule has 2 aromatic rings. The van der Waals surface area contributed by atoms with Crippen LogP contribution in [0.15, 0.2) is 24.3 Å². The molecule has 2 N–H and O–H groups in total. The summed E-state index contributed by atoms with van der Waals surface area (Å²) in [5.41, 5.74) is 1.98. The molecule has 1 aromatic heterocycles. The van der Waals surface area contributed by atoms with Crippen LogP contribution < -0.4 is 10.0 Å². The van der Waals surface area contributed by atoms with Crippen molar-refractivity contribution in [2.75, 3.05) is 26.2 Å². The molecule has 194 valence electrons. The molecule has 0 spiro atoms. The van der Waals surface area contributed by atoms with Crippen molar-refractivity contribution in [2.24, 2.45) is 7.05 Å². The molecule has 12 heteroatoms. The monoisotopic (exact) mass is 545 g/mol. The molecule has 1 aromatic carbocycles. The van der Waals surface area contributed by atoms with Crippen molar-refractivity contribution in [2.45, 2.75) is 51.6 Å². The second kappa shape index (κ2) is 11.5. The number of hydrogen-bond acceptors (Lipinski definition) is 5. The molecule has 1 aliphatic heterocycles. The lowest BCUT2D eigenvalue weighted by molar-refractivity contribution is 0.0527. The van der Waals surface area contributed by atoms with Crippen molar-refractivity contribution in [1.29, 1.82) is 0 Å². The Labute approximate surface area is 217 Å². The molecule has 35 heavy (non-hydrogen) atoms. The smallest absolute Gasteiger partial charge is 0.407 e. The molecular weight excluding hydrogens is 513 g/mol. The summed E-state index contributed by atoms with van der Waals surface area (Å²) in [5.74, 6) is 0.184. The number of piperidine rings is 1. The first-order chi connectivity index (χ1) is 16.4. The summed E-state index contributed by atoms with van der Waals surface area (Å²) in [6.07, 6.45) is 1.31. The first-order valence-electron chi connectivity index (χ1n) is 11.6. The molecule has 0 radical (unpaired) electrons. The van der Waals surface area contributed by atoms with Crippen molar-refractivity contribution in [3.63, 3.8) is 0 Å². The Kier molecular flexibility index (Phi) is 9.09. The number of aryl methyl sites for hydroxylation is 1. The summed E-state index contributed by atoms with van der Waals surface area (Å²) in [7, 11) is -1.71. The third kappa shape index (κ3) is 7.57. The van der Waals surface area contributed by atoms with Crippen LogP contribution in [0.3, 0.4) is 0 Å². The number of nitrogens with one attached hydrogen (secondary N) is 2. The highest BCUT2D eigenvalue weighted by atomic mass is 35.5. The second-order valence-electron chi connectivity index (χ2n) is 9.53. The molecule has 1 fully saturated rings. The summed E-state index contributed by atoms with van der Waals surface area (Å²) < 4.78 is 36.5. The highest BCUT2D eigenvalue weighted by Crippen LogP contribution is 2.36. The zero-order valence-electron chi connectivity index (χ0n) is 20.5. The Balaban J connectivity index is 1.49. The third-order valence-corrected chi connectivity index (χ3v) is 8.09. The topological polar surface area (TPSA) is 106 Å². The van der Waals surface area contributed by atoms with Gasteiger partial charge in [-0.3, -0.25) is 4.68 Å². The summed E-state index contributed by atoms with van der Waals surface area (Å²) in [6.45, 7) is 6.72. The Hall–Kier alpha value is -1.85. The predicted octanol–water partition coefficient (Wildman–Crippen LogP) is 4.32. The Morgan fingerprint density at radius 1 is 1.20 bits per heavy atom. The number of benzene rings is 1. The Bertz CT molecular complexity index is 1140. The minimum atomic E-state index is -3.59. The minimum absolute atomic E-state index is 0.184. The van der Waals surface area contributed by atoms with Gasteiger partial charge < -0.3 is 10.1 Å². The van der Waals surface area contributed by atoms with E-state index in [-0.39, 0.29) is 12.5 Å². The number of nitrogens with zero attached hydrogens (tertiary/aromatic N) is 3. The molecule has 0 atom stereocenters. The predicted molar refractivity (Wildman–Crippen MR) is 138 cm³/mol. The number of hydrogen-bond donors (Lipinski definition) is 2. The van der Waals surface area contributed by atoms with E-state index in [1.807, 2.05) is 29.9 Å². The third-order valence-electron chi connectivity index (χ3n) is 5.66. The maximum Gasteiger partial charge on any atom is 0.407 e. The van der Waals surface area contributed by atoms with Gasteiger partial charge >= 0.3 is 6.09 Å². The number of halogens is 2. The van der Waals surface area contributed by atoms with Crippen molar-refractivity contribution in [3.05, 3.63) is 40.0 Å². The van der Waals surface area contributed by atoms with E-state index in [0.29, 0.717) is 48.9 Å². The fourth-order valence-corrected chi connectivity index (χ4v) is 5.65. The molecule has 1 saturated heterocycles. The number of rotatable bonds is 8. The van der Waals surface area contributed by atoms with Gasteiger partial charge in [-0.25, -0.2) is 9.52 Å². The zero-order valence-corrected chi connectivity index (χ0v) is 22.8. The highest BCUT2D eigenvalue weighted by Gasteiger charge is 2.30. The number of ether oxygens (including phenoxy) is 1. The summed E-state index contributed by atoms with van der Waals surface area (Å²) >= 11 is 12.5. The van der Waals surface area contributed by atoms with Gasteiger partial charge in [-0.2, -0.15) is 17.8 Å². The van der Waals surface area contributed by atoms with Crippen LogP contribution in [-0.2, 0) is 22.0 Å². The number of carbonyl (C=O) groups excluding carboxylic acids is 1. The van der Waals surface area contributed by atoms with Gasteiger partial charge in [0.15, 0.2) is 0 Å². The van der Waals surface area contributed by atoms with Crippen molar-refractivity contribution < 1.29 is 17.9 Å². The van der Waals surface area contributed by atoms with E-state index >= 15 is 0 Å². The minimum Gasteiger partial charge on any atom is -0.444 e. The Morgan fingerprint density at radius 3 is 2.54 bits per heavy atom. The molecule has 2 heterocycles. The molecule has 9 nitrogen and oxygen atoms in total. The normalized spacial score (nSPS) is 15.8. The average molecular weight is 547 g/mol. The van der Waals surface area contributed by atoms with E-state index in [0.717, 1.165) is 17.0 Å². The van der Waals surface area contributed by atoms with Crippen LogP contribution in [0.5, 0.6) is 0 Å². The van der Waals surface area contributed by atoms with Gasteiger partial charge in [0.05, 0.1) is 15.7 Å². The Morgan fingerprint density at radius 2 is 1.89 bits per heavy atom. The van der Waals surface area contributed by atoms with Gasteiger partial charge in [-0.15, -0.1) is 0 Å². The van der Waals surface area contributed by atoms with E-state index in [1.165, 1.54) is 4.31 Å². The van der Waals surface area contributed by atoms with Crippen LogP contribution in [0.4, 0.5) is 4.79 Å². The molecule has 3 rings (SSSR count). The first-order valence-corrected chi connectivity index (χ1v) is 13.8. The van der Waals surface area contributed by atoms with Crippen LogP contribution in [0.1, 0.15) is 51.6 Å². The SMILES string of the molecule is Cn1nc(-c2cccc(Cl)c2Cl)cc1C1CCN(S(=O)(=O)NCCCNC(=O)OC(C)(C)C)CC1. The molecule has 0 unspecified atom stereocenters. The fourth-order valence-electron chi connectivity index (χ4n) is 3.97. The lowest BCUT2D eigenvalue weighted by Crippen LogP contribution is -2.45. The van der Waals surface area contributed by atoms with Gasteiger partial charge in [0, 0.05) is 50.4 Å². The largest absolute Gasteiger partial charge is 0.444 e. The van der Waals surface area contributed by atoms with E-state index in [4.69, 9.17) is 27.9 Å². The van der Waals surface area contributed by atoms with Crippen molar-refractivity contribution >= 4 is 39.5 Å². The molecule has 0 bridgehead atoms. The van der Waals surface area contributed by atoms with Crippen molar-refractivity contribution in [1.82, 2.24) is 24.1 Å². The van der Waals surface area contributed by atoms with Gasteiger partial charge in [-0.05, 0) is 52.2 Å². The maximum absolute atomic E-state index is 12.7. The van der Waals surface area contributed by atoms with Gasteiger partial charge in [-0.1, -0.05) is 35.3 Å². The van der Waals surface area contributed by atoms with E-state index in [1.54, 1.807) is 26.8 Å². The number of alkyl carbamates (subject to hydrolysis) is 1. The highest BCUT2D eigenvalue weighted by molar-refractivity contribution is 7.87. The van der Waals surface area contributed by atoms with E-state index in [2.05, 4.69) is 15.1 Å². The standard InChI is InChI=1S/C23H33Cl2N5O4S/c1-23(2,3)34-22(31)26-11-6-12-27-35(32,33)30-13-9-16(10-14-30)20-15-19(28-29(20)4)17-7-5-8-18(24)21(17)25/h5,7-8,15-16,27H,6,9-14H2,1-4H3,(H,26,31). The average Bonchev–Trinajstić information content (AvgIpc) is 3.15. The maximum atomic E-state index is 12.7. The fraction of sp³-hybridized carbons (Fsp3) is 0.565. The zero-order chi connectivity index (χ0) is 25.8. The lowest BCUT2D eigenvalue weighted by atomic mass is 9.94. The van der Waals surface area contributed by atoms with Crippen LogP contribution in [0.25, 0.3) is 11.3 Å².